The minimum absolute atomic E-state index is 0.258. The van der Waals surface area contributed by atoms with Gasteiger partial charge in [0.2, 0.25) is 6.79 Å². The minimum Gasteiger partial charge on any atom is -0.454 e. The Morgan fingerprint density at radius 1 is 1.21 bits per heavy atom. The van der Waals surface area contributed by atoms with Crippen molar-refractivity contribution in [1.29, 1.82) is 0 Å². The summed E-state index contributed by atoms with van der Waals surface area (Å²) in [6, 6.07) is 10.2. The summed E-state index contributed by atoms with van der Waals surface area (Å²) < 4.78 is 10.8. The molecule has 3 rings (SSSR count). The zero-order valence-corrected chi connectivity index (χ0v) is 10.8. The second kappa shape index (κ2) is 5.28. The van der Waals surface area contributed by atoms with E-state index in [1.165, 1.54) is 11.1 Å². The van der Waals surface area contributed by atoms with E-state index in [9.17, 15) is 0 Å². The number of aromatic nitrogens is 1. The molecule has 1 N–H and O–H groups in total. The largest absolute Gasteiger partial charge is 0.454 e. The van der Waals surface area contributed by atoms with Crippen molar-refractivity contribution < 1.29 is 9.47 Å². The first-order valence-electron chi connectivity index (χ1n) is 6.32. The van der Waals surface area contributed by atoms with E-state index in [-0.39, 0.29) is 5.92 Å². The zero-order chi connectivity index (χ0) is 13.1. The van der Waals surface area contributed by atoms with Crippen LogP contribution in [0, 0.1) is 0 Å². The Morgan fingerprint density at radius 2 is 2.11 bits per heavy atom. The van der Waals surface area contributed by atoms with E-state index in [1.54, 1.807) is 6.20 Å². The fourth-order valence-corrected chi connectivity index (χ4v) is 2.34. The molecule has 0 fully saturated rings. The Hall–Kier alpha value is -2.07. The molecule has 1 unspecified atom stereocenters. The smallest absolute Gasteiger partial charge is 0.231 e. The maximum Gasteiger partial charge on any atom is 0.231 e. The molecule has 0 spiro atoms. The number of pyridine rings is 1. The predicted molar refractivity (Wildman–Crippen MR) is 72.6 cm³/mol. The number of hydrogen-bond donors (Lipinski definition) is 1. The van der Waals surface area contributed by atoms with Crippen LogP contribution in [0.1, 0.15) is 17.0 Å². The van der Waals surface area contributed by atoms with E-state index in [0.717, 1.165) is 18.0 Å². The van der Waals surface area contributed by atoms with Gasteiger partial charge in [0.05, 0.1) is 0 Å². The van der Waals surface area contributed by atoms with Crippen molar-refractivity contribution >= 4 is 0 Å². The molecule has 1 aliphatic heterocycles. The molecule has 0 bridgehead atoms. The van der Waals surface area contributed by atoms with Gasteiger partial charge in [-0.05, 0) is 36.4 Å². The number of benzene rings is 1. The molecule has 0 saturated heterocycles. The van der Waals surface area contributed by atoms with Crippen molar-refractivity contribution in [3.05, 3.63) is 53.9 Å². The van der Waals surface area contributed by atoms with Crippen LogP contribution in [0.25, 0.3) is 0 Å². The molecule has 1 aliphatic rings. The summed E-state index contributed by atoms with van der Waals surface area (Å²) in [5.41, 5.74) is 2.39. The van der Waals surface area contributed by atoms with Gasteiger partial charge < -0.3 is 14.8 Å². The topological polar surface area (TPSA) is 43.4 Å². The van der Waals surface area contributed by atoms with Crippen LogP contribution < -0.4 is 14.8 Å². The van der Waals surface area contributed by atoms with E-state index >= 15 is 0 Å². The summed E-state index contributed by atoms with van der Waals surface area (Å²) in [5, 5.41) is 3.23. The molecule has 2 aromatic rings. The van der Waals surface area contributed by atoms with Crippen molar-refractivity contribution in [3.8, 4) is 11.5 Å². The number of nitrogens with one attached hydrogen (secondary N) is 1. The SMILES string of the molecule is CNCC(c1cccnc1)c1ccc2c(c1)OCO2. The highest BCUT2D eigenvalue weighted by Crippen LogP contribution is 2.36. The second-order valence-corrected chi connectivity index (χ2v) is 4.51. The third-order valence-corrected chi connectivity index (χ3v) is 3.29. The van der Waals surface area contributed by atoms with Crippen LogP contribution in [0.5, 0.6) is 11.5 Å². The zero-order valence-electron chi connectivity index (χ0n) is 10.8. The molecule has 0 aliphatic carbocycles. The molecule has 1 atom stereocenters. The molecule has 4 heteroatoms. The van der Waals surface area contributed by atoms with E-state index in [4.69, 9.17) is 9.47 Å². The van der Waals surface area contributed by atoms with Gasteiger partial charge in [-0.2, -0.15) is 0 Å². The van der Waals surface area contributed by atoms with Gasteiger partial charge in [0.15, 0.2) is 11.5 Å². The van der Waals surface area contributed by atoms with Gasteiger partial charge in [-0.3, -0.25) is 4.98 Å². The van der Waals surface area contributed by atoms with Gasteiger partial charge in [-0.25, -0.2) is 0 Å². The number of rotatable bonds is 4. The van der Waals surface area contributed by atoms with Crippen LogP contribution in [0.2, 0.25) is 0 Å². The Kier molecular flexibility index (Phi) is 3.33. The molecule has 98 valence electrons. The van der Waals surface area contributed by atoms with E-state index < -0.39 is 0 Å². The van der Waals surface area contributed by atoms with Crippen LogP contribution in [0.3, 0.4) is 0 Å². The minimum atomic E-state index is 0.258. The molecule has 0 radical (unpaired) electrons. The van der Waals surface area contributed by atoms with Gasteiger partial charge in [0, 0.05) is 24.9 Å². The van der Waals surface area contributed by atoms with Crippen LogP contribution >= 0.6 is 0 Å². The van der Waals surface area contributed by atoms with Gasteiger partial charge in [0.25, 0.3) is 0 Å². The van der Waals surface area contributed by atoms with E-state index in [2.05, 4.69) is 28.5 Å². The molecular formula is C15H16N2O2. The lowest BCUT2D eigenvalue weighted by molar-refractivity contribution is 0.174. The summed E-state index contributed by atoms with van der Waals surface area (Å²) in [6.07, 6.45) is 3.70. The Labute approximate surface area is 112 Å². The maximum atomic E-state index is 5.45. The highest BCUT2D eigenvalue weighted by Gasteiger charge is 2.19. The van der Waals surface area contributed by atoms with Gasteiger partial charge >= 0.3 is 0 Å². The third-order valence-electron chi connectivity index (χ3n) is 3.29. The molecule has 4 nitrogen and oxygen atoms in total. The number of ether oxygens (including phenoxy) is 2. The summed E-state index contributed by atoms with van der Waals surface area (Å²) in [5.74, 6) is 1.90. The normalized spacial score (nSPS) is 14.4. The van der Waals surface area contributed by atoms with Crippen molar-refractivity contribution in [3.63, 3.8) is 0 Å². The van der Waals surface area contributed by atoms with Crippen molar-refractivity contribution in [2.75, 3.05) is 20.4 Å². The molecule has 0 saturated carbocycles. The first-order valence-corrected chi connectivity index (χ1v) is 6.32. The van der Waals surface area contributed by atoms with E-state index in [0.29, 0.717) is 6.79 Å². The summed E-state index contributed by atoms with van der Waals surface area (Å²) in [7, 11) is 1.95. The standard InChI is InChI=1S/C15H16N2O2/c1-16-9-13(12-3-2-6-17-8-12)11-4-5-14-15(7-11)19-10-18-14/h2-8,13,16H,9-10H2,1H3. The first kappa shape index (κ1) is 12.0. The molecule has 1 aromatic heterocycles. The average molecular weight is 256 g/mol. The quantitative estimate of drug-likeness (QED) is 0.910. The van der Waals surface area contributed by atoms with Gasteiger partial charge in [0.1, 0.15) is 0 Å². The summed E-state index contributed by atoms with van der Waals surface area (Å²) >= 11 is 0. The van der Waals surface area contributed by atoms with Crippen LogP contribution in [-0.2, 0) is 0 Å². The maximum absolute atomic E-state index is 5.45. The van der Waals surface area contributed by atoms with Gasteiger partial charge in [-0.1, -0.05) is 12.1 Å². The first-order chi connectivity index (χ1) is 9.38. The third kappa shape index (κ3) is 2.39. The molecular weight excluding hydrogens is 240 g/mol. The van der Waals surface area contributed by atoms with Crippen LogP contribution in [-0.4, -0.2) is 25.4 Å². The number of nitrogens with zero attached hydrogens (tertiary/aromatic N) is 1. The average Bonchev–Trinajstić information content (AvgIpc) is 2.93. The Morgan fingerprint density at radius 3 is 2.89 bits per heavy atom. The number of fused-ring (bicyclic) bond motifs is 1. The Balaban J connectivity index is 1.96. The molecule has 19 heavy (non-hydrogen) atoms. The predicted octanol–water partition coefficient (Wildman–Crippen LogP) is 2.16. The fourth-order valence-electron chi connectivity index (χ4n) is 2.34. The number of likely N-dealkylation sites (N-methyl/N-ethyl adjacent to an activating group) is 1. The summed E-state index contributed by atoms with van der Waals surface area (Å²) in [6.45, 7) is 1.16. The summed E-state index contributed by atoms with van der Waals surface area (Å²) in [4.78, 5) is 4.20. The van der Waals surface area contributed by atoms with Crippen molar-refractivity contribution in [2.24, 2.45) is 0 Å². The fraction of sp³-hybridized carbons (Fsp3) is 0.267. The number of hydrogen-bond acceptors (Lipinski definition) is 4. The lowest BCUT2D eigenvalue weighted by atomic mass is 9.92. The van der Waals surface area contributed by atoms with Gasteiger partial charge in [-0.15, -0.1) is 0 Å². The van der Waals surface area contributed by atoms with Crippen LogP contribution in [0.4, 0.5) is 0 Å². The second-order valence-electron chi connectivity index (χ2n) is 4.51. The highest BCUT2D eigenvalue weighted by molar-refractivity contribution is 5.47. The lowest BCUT2D eigenvalue weighted by Crippen LogP contribution is -2.18. The van der Waals surface area contributed by atoms with Crippen LogP contribution in [0.15, 0.2) is 42.7 Å². The molecule has 2 heterocycles. The molecule has 0 amide bonds. The van der Waals surface area contributed by atoms with E-state index in [1.807, 2.05) is 25.4 Å². The van der Waals surface area contributed by atoms with Crippen molar-refractivity contribution in [2.45, 2.75) is 5.92 Å². The molecule has 1 aromatic carbocycles. The lowest BCUT2D eigenvalue weighted by Gasteiger charge is -2.17. The monoisotopic (exact) mass is 256 g/mol. The highest BCUT2D eigenvalue weighted by atomic mass is 16.7. The Bertz CT molecular complexity index is 557. The van der Waals surface area contributed by atoms with Crippen molar-refractivity contribution in [1.82, 2.24) is 10.3 Å².